The fourth-order valence-electron chi connectivity index (χ4n) is 1.26. The summed E-state index contributed by atoms with van der Waals surface area (Å²) >= 11 is 0.784. The van der Waals surface area contributed by atoms with Gasteiger partial charge in [-0.2, -0.15) is 0 Å². The molecule has 1 aromatic heterocycles. The highest BCUT2D eigenvalue weighted by molar-refractivity contribution is 7.07. The van der Waals surface area contributed by atoms with Gasteiger partial charge in [0.15, 0.2) is 0 Å². The number of benzene rings is 1. The summed E-state index contributed by atoms with van der Waals surface area (Å²) in [7, 11) is 0. The molecule has 6 nitrogen and oxygen atoms in total. The fraction of sp³-hybridized carbons (Fsp3) is 0. The number of nitrogens with one attached hydrogen (secondary N) is 1. The van der Waals surface area contributed by atoms with Crippen LogP contribution in [0.1, 0.15) is 20.0 Å². The van der Waals surface area contributed by atoms with E-state index in [1.54, 1.807) is 0 Å². The predicted octanol–water partition coefficient (Wildman–Crippen LogP) is 1.77. The Morgan fingerprint density at radius 3 is 2.58 bits per heavy atom. The van der Waals surface area contributed by atoms with Crippen LogP contribution in [0.2, 0.25) is 0 Å². The summed E-state index contributed by atoms with van der Waals surface area (Å²) in [6.45, 7) is 0. The van der Waals surface area contributed by atoms with Gasteiger partial charge in [0.05, 0.1) is 17.4 Å². The second-order valence-electron chi connectivity index (χ2n) is 3.35. The highest BCUT2D eigenvalue weighted by Crippen LogP contribution is 2.20. The smallest absolute Gasteiger partial charge is 0.338 e. The molecule has 98 valence electrons. The SMILES string of the molecule is O=C(Nc1cc(C(=O)O)c(F)cc1F)c1cnns1. The van der Waals surface area contributed by atoms with Crippen molar-refractivity contribution in [1.29, 1.82) is 0 Å². The van der Waals surface area contributed by atoms with Gasteiger partial charge < -0.3 is 10.4 Å². The lowest BCUT2D eigenvalue weighted by atomic mass is 10.1. The molecule has 0 saturated heterocycles. The maximum atomic E-state index is 13.4. The minimum absolute atomic E-state index is 0.112. The van der Waals surface area contributed by atoms with Gasteiger partial charge in [-0.05, 0) is 17.6 Å². The lowest BCUT2D eigenvalue weighted by Gasteiger charge is -2.06. The molecule has 2 aromatic rings. The predicted molar refractivity (Wildman–Crippen MR) is 61.2 cm³/mol. The molecule has 0 atom stereocenters. The standard InChI is InChI=1S/C10H5F2N3O3S/c11-5-2-6(12)7(1-4(5)10(17)18)14-9(16)8-3-13-15-19-8/h1-3H,(H,14,16)(H,17,18). The molecule has 2 N–H and O–H groups in total. The molecule has 2 rings (SSSR count). The summed E-state index contributed by atoms with van der Waals surface area (Å²) in [4.78, 5) is 22.4. The molecule has 9 heteroatoms. The van der Waals surface area contributed by atoms with Crippen molar-refractivity contribution in [3.8, 4) is 0 Å². The number of aromatic nitrogens is 2. The average Bonchev–Trinajstić information content (AvgIpc) is 2.85. The summed E-state index contributed by atoms with van der Waals surface area (Å²) in [5.74, 6) is -4.57. The number of anilines is 1. The van der Waals surface area contributed by atoms with Crippen molar-refractivity contribution in [2.45, 2.75) is 0 Å². The Hall–Kier alpha value is -2.42. The van der Waals surface area contributed by atoms with Crippen LogP contribution in [0.4, 0.5) is 14.5 Å². The largest absolute Gasteiger partial charge is 0.478 e. The van der Waals surface area contributed by atoms with E-state index in [4.69, 9.17) is 5.11 Å². The van der Waals surface area contributed by atoms with Crippen molar-refractivity contribution in [2.75, 3.05) is 5.32 Å². The summed E-state index contributed by atoms with van der Waals surface area (Å²) in [6.07, 6.45) is 1.17. The zero-order valence-electron chi connectivity index (χ0n) is 9.05. The number of hydrogen-bond donors (Lipinski definition) is 2. The summed E-state index contributed by atoms with van der Waals surface area (Å²) in [5.41, 5.74) is -1.17. The molecule has 19 heavy (non-hydrogen) atoms. The molecule has 0 spiro atoms. The first-order valence-corrected chi connectivity index (χ1v) is 5.57. The highest BCUT2D eigenvalue weighted by Gasteiger charge is 2.17. The summed E-state index contributed by atoms with van der Waals surface area (Å²) in [6, 6.07) is 1.10. The van der Waals surface area contributed by atoms with Crippen LogP contribution in [0.25, 0.3) is 0 Å². The Labute approximate surface area is 108 Å². The van der Waals surface area contributed by atoms with Crippen molar-refractivity contribution < 1.29 is 23.5 Å². The fourth-order valence-corrected chi connectivity index (χ4v) is 1.67. The molecular weight excluding hydrogens is 280 g/mol. The van der Waals surface area contributed by atoms with Crippen LogP contribution in [0.5, 0.6) is 0 Å². The van der Waals surface area contributed by atoms with Gasteiger partial charge in [-0.1, -0.05) is 4.49 Å². The van der Waals surface area contributed by atoms with Crippen molar-refractivity contribution in [3.63, 3.8) is 0 Å². The number of amides is 1. The van der Waals surface area contributed by atoms with E-state index in [0.29, 0.717) is 12.1 Å². The summed E-state index contributed by atoms with van der Waals surface area (Å²) < 4.78 is 30.0. The second kappa shape index (κ2) is 5.06. The number of carboxylic acid groups (broad SMARTS) is 1. The van der Waals surface area contributed by atoms with Crippen molar-refractivity contribution in [2.24, 2.45) is 0 Å². The van der Waals surface area contributed by atoms with Gasteiger partial charge in [-0.15, -0.1) is 5.10 Å². The number of halogens is 2. The van der Waals surface area contributed by atoms with E-state index >= 15 is 0 Å². The van der Waals surface area contributed by atoms with Crippen molar-refractivity contribution in [1.82, 2.24) is 9.59 Å². The number of carbonyl (C=O) groups is 2. The second-order valence-corrected chi connectivity index (χ2v) is 4.14. The van der Waals surface area contributed by atoms with Crippen LogP contribution >= 0.6 is 11.5 Å². The van der Waals surface area contributed by atoms with Crippen LogP contribution in [0.3, 0.4) is 0 Å². The third-order valence-corrected chi connectivity index (χ3v) is 2.78. The molecule has 1 heterocycles. The third-order valence-electron chi connectivity index (χ3n) is 2.12. The maximum absolute atomic E-state index is 13.4. The van der Waals surface area contributed by atoms with Gasteiger partial charge in [0, 0.05) is 6.07 Å². The molecule has 0 unspecified atom stereocenters. The zero-order valence-corrected chi connectivity index (χ0v) is 9.87. The Morgan fingerprint density at radius 1 is 1.26 bits per heavy atom. The van der Waals surface area contributed by atoms with Gasteiger partial charge in [0.2, 0.25) is 0 Å². The number of carboxylic acids is 1. The van der Waals surface area contributed by atoms with E-state index in [-0.39, 0.29) is 4.88 Å². The van der Waals surface area contributed by atoms with Crippen LogP contribution in [0, 0.1) is 11.6 Å². The molecule has 0 aliphatic rings. The number of hydrogen-bond acceptors (Lipinski definition) is 5. The topological polar surface area (TPSA) is 92.2 Å². The van der Waals surface area contributed by atoms with Gasteiger partial charge >= 0.3 is 5.97 Å². The molecule has 0 radical (unpaired) electrons. The molecule has 1 amide bonds. The van der Waals surface area contributed by atoms with Crippen LogP contribution in [0.15, 0.2) is 18.3 Å². The maximum Gasteiger partial charge on any atom is 0.338 e. The molecule has 0 saturated carbocycles. The van der Waals surface area contributed by atoms with Gasteiger partial charge in [-0.25, -0.2) is 13.6 Å². The Bertz CT molecular complexity index is 646. The molecule has 1 aromatic carbocycles. The first-order chi connectivity index (χ1) is 8.99. The summed E-state index contributed by atoms with van der Waals surface area (Å²) in [5, 5.41) is 14.3. The Morgan fingerprint density at radius 2 is 2.00 bits per heavy atom. The molecule has 0 aliphatic carbocycles. The number of nitrogens with zero attached hydrogens (tertiary/aromatic N) is 2. The van der Waals surface area contributed by atoms with Gasteiger partial charge in [0.25, 0.3) is 5.91 Å². The molecule has 0 aliphatic heterocycles. The van der Waals surface area contributed by atoms with Crippen molar-refractivity contribution in [3.05, 3.63) is 40.4 Å². The van der Waals surface area contributed by atoms with E-state index < -0.39 is 34.8 Å². The number of rotatable bonds is 3. The normalized spacial score (nSPS) is 10.2. The number of aromatic carboxylic acids is 1. The first kappa shape index (κ1) is 13.0. The van der Waals surface area contributed by atoms with E-state index in [1.165, 1.54) is 6.20 Å². The van der Waals surface area contributed by atoms with Crippen LogP contribution in [-0.4, -0.2) is 26.6 Å². The van der Waals surface area contributed by atoms with Gasteiger partial charge in [0.1, 0.15) is 16.5 Å². The minimum Gasteiger partial charge on any atom is -0.478 e. The van der Waals surface area contributed by atoms with E-state index in [1.807, 2.05) is 0 Å². The van der Waals surface area contributed by atoms with Gasteiger partial charge in [-0.3, -0.25) is 4.79 Å². The molecule has 0 fully saturated rings. The van der Waals surface area contributed by atoms with Crippen LogP contribution < -0.4 is 5.32 Å². The van der Waals surface area contributed by atoms with E-state index in [9.17, 15) is 18.4 Å². The third kappa shape index (κ3) is 2.71. The van der Waals surface area contributed by atoms with Crippen LogP contribution in [-0.2, 0) is 0 Å². The van der Waals surface area contributed by atoms with E-state index in [0.717, 1.165) is 11.5 Å². The number of carbonyl (C=O) groups excluding carboxylic acids is 1. The lowest BCUT2D eigenvalue weighted by molar-refractivity contribution is 0.0691. The molecule has 0 bridgehead atoms. The zero-order chi connectivity index (χ0) is 14.0. The Balaban J connectivity index is 2.32. The monoisotopic (exact) mass is 285 g/mol. The average molecular weight is 285 g/mol. The lowest BCUT2D eigenvalue weighted by Crippen LogP contribution is -2.13. The minimum atomic E-state index is -1.56. The highest BCUT2D eigenvalue weighted by atomic mass is 32.1. The first-order valence-electron chi connectivity index (χ1n) is 4.80. The molecular formula is C10H5F2N3O3S. The Kier molecular flexibility index (Phi) is 3.47. The quantitative estimate of drug-likeness (QED) is 0.896. The van der Waals surface area contributed by atoms with E-state index in [2.05, 4.69) is 14.9 Å². The van der Waals surface area contributed by atoms with Crippen molar-refractivity contribution >= 4 is 29.1 Å².